The molecule has 20 nitrogen and oxygen atoms in total. The van der Waals surface area contributed by atoms with Crippen LogP contribution in [-0.4, -0.2) is 164 Å². The van der Waals surface area contributed by atoms with Gasteiger partial charge in [0.15, 0.2) is 11.7 Å². The first kappa shape index (κ1) is 69.4. The van der Waals surface area contributed by atoms with Crippen molar-refractivity contribution in [3.05, 3.63) is 0 Å². The highest BCUT2D eigenvalue weighted by Gasteiger charge is 2.56. The molecule has 0 bridgehead atoms. The van der Waals surface area contributed by atoms with Crippen LogP contribution in [0.4, 0.5) is 0 Å². The van der Waals surface area contributed by atoms with Gasteiger partial charge >= 0.3 is 29.8 Å². The van der Waals surface area contributed by atoms with Gasteiger partial charge in [0.05, 0.1) is 32.2 Å². The molecule has 0 aromatic rings. The van der Waals surface area contributed by atoms with Gasteiger partial charge in [0.25, 0.3) is 0 Å². The maximum Gasteiger partial charge on any atom is 0.323 e. The van der Waals surface area contributed by atoms with Gasteiger partial charge < -0.3 is 54.4 Å². The lowest BCUT2D eigenvalue weighted by molar-refractivity contribution is -0.288. The van der Waals surface area contributed by atoms with Crippen molar-refractivity contribution in [1.82, 2.24) is 20.3 Å². The summed E-state index contributed by atoms with van der Waals surface area (Å²) in [5, 5.41) is 61.4. The van der Waals surface area contributed by atoms with Gasteiger partial charge in [-0.05, 0) is 162 Å². The molecule has 0 spiro atoms. The number of hydrogen-bond acceptors (Lipinski definition) is 20. The largest absolute Gasteiger partial charge is 0.466 e. The Morgan fingerprint density at radius 2 is 0.688 bits per heavy atom. The fraction of sp³-hybridized carbons (Fsp3) is 0.917. The molecule has 4 saturated heterocycles. The number of hydrogen-bond donors (Lipinski definition) is 5. The van der Waals surface area contributed by atoms with Crippen LogP contribution in [0.25, 0.3) is 0 Å². The summed E-state index contributed by atoms with van der Waals surface area (Å²) < 4.78 is 36.5. The Kier molecular flexibility index (Phi) is 23.0. The Hall–Kier alpha value is -3.05. The molecule has 0 aliphatic carbocycles. The van der Waals surface area contributed by atoms with E-state index in [4.69, 9.17) is 28.4 Å². The predicted molar refractivity (Wildman–Crippen MR) is 298 cm³/mol. The van der Waals surface area contributed by atoms with Gasteiger partial charge in [0.1, 0.15) is 23.7 Å². The number of unbranched alkanes of at least 4 members (excludes halogenated alkanes) is 2. The summed E-state index contributed by atoms with van der Waals surface area (Å²) in [5.41, 5.74) is -9.13. The van der Waals surface area contributed by atoms with E-state index in [0.29, 0.717) is 77.0 Å². The molecule has 0 amide bonds. The summed E-state index contributed by atoms with van der Waals surface area (Å²) in [5.74, 6) is -3.48. The van der Waals surface area contributed by atoms with Crippen molar-refractivity contribution in [2.45, 2.75) is 328 Å². The molecule has 2 atom stereocenters. The first-order valence-corrected chi connectivity index (χ1v) is 29.8. The molecule has 80 heavy (non-hydrogen) atoms. The second-order valence-corrected chi connectivity index (χ2v) is 29.2. The monoisotopic (exact) mass is 1140 g/mol. The average molecular weight is 1140 g/mol. The first-order chi connectivity index (χ1) is 36.6. The minimum Gasteiger partial charge on any atom is -0.466 e. The van der Waals surface area contributed by atoms with Gasteiger partial charge in [-0.15, -0.1) is 0 Å². The Balaban J connectivity index is 1.45. The van der Waals surface area contributed by atoms with Crippen LogP contribution in [0.1, 0.15) is 253 Å². The number of carbonyl (C=O) groups is 5. The van der Waals surface area contributed by atoms with Gasteiger partial charge in [-0.1, -0.05) is 39.5 Å². The zero-order valence-corrected chi connectivity index (χ0v) is 52.5. The highest BCUT2D eigenvalue weighted by Crippen LogP contribution is 2.47. The number of aliphatic hydroxyl groups excluding tert-OH is 1. The van der Waals surface area contributed by atoms with Gasteiger partial charge in [-0.2, -0.15) is 20.3 Å². The SMILES string of the molecule is CCCCC(CCCOC(=O)CCC(=O)OCCCC(CCCC)(C(=O)OC1CC(C)(C)N(O)C(C)(C)C1)C(O)OC1CC(C)(C)N(O)C(C)(C)C1)(C(=O)OC1CC(C)(C)N(O)C(C)(C)C1)C(=O)OC1CC(C)(C)N(O)C(C)(C)C1. The molecule has 4 aliphatic heterocycles. The zero-order chi connectivity index (χ0) is 60.9. The van der Waals surface area contributed by atoms with Crippen LogP contribution in [-0.2, 0) is 52.4 Å². The summed E-state index contributed by atoms with van der Waals surface area (Å²) >= 11 is 0. The standard InChI is InChI=1S/C60H108N4O16/c1-19-21-27-59(47(67)77-41-33-51(3,4)61(71)52(5,6)34-41,48(68)78-42-35-53(7,8)62(72)54(9,10)36-42)29-23-31-75-45(65)25-26-46(66)76-32-24-30-60(28-22-20-2,49(69)79-43-37-55(11,12)63(73)56(13,14)38-43)50(70)80-44-39-57(15,16)64(74)58(17,18)40-44/h41-44,47,67,71-74H,19-40H2,1-18H3. The summed E-state index contributed by atoms with van der Waals surface area (Å²) in [6, 6.07) is 0. The summed E-state index contributed by atoms with van der Waals surface area (Å²) in [6.45, 7) is 33.6. The van der Waals surface area contributed by atoms with Gasteiger partial charge in [-0.25, -0.2) is 0 Å². The van der Waals surface area contributed by atoms with Gasteiger partial charge in [0.2, 0.25) is 0 Å². The molecule has 4 heterocycles. The van der Waals surface area contributed by atoms with Crippen molar-refractivity contribution in [2.75, 3.05) is 13.2 Å². The molecular weight excluding hydrogens is 1030 g/mol. The number of carbonyl (C=O) groups excluding carboxylic acids is 5. The maximum absolute atomic E-state index is 14.8. The molecule has 0 aromatic heterocycles. The molecule has 4 rings (SSSR count). The minimum absolute atomic E-state index is 0.0379. The second-order valence-electron chi connectivity index (χ2n) is 29.2. The van der Waals surface area contributed by atoms with Gasteiger partial charge in [0, 0.05) is 82.8 Å². The summed E-state index contributed by atoms with van der Waals surface area (Å²) in [7, 11) is 0. The number of ether oxygens (including phenoxy) is 6. The Bertz CT molecular complexity index is 1980. The average Bonchev–Trinajstić information content (AvgIpc) is 3.31. The number of rotatable bonds is 26. The van der Waals surface area contributed by atoms with Crippen LogP contribution in [0.3, 0.4) is 0 Å². The van der Waals surface area contributed by atoms with Crippen molar-refractivity contribution in [3.63, 3.8) is 0 Å². The Labute approximate surface area is 479 Å². The quantitative estimate of drug-likeness (QED) is 0.0177. The van der Waals surface area contributed by atoms with Crippen molar-refractivity contribution in [3.8, 4) is 0 Å². The van der Waals surface area contributed by atoms with E-state index in [1.807, 2.05) is 125 Å². The third-order valence-corrected chi connectivity index (χ3v) is 17.7. The van der Waals surface area contributed by atoms with E-state index in [2.05, 4.69) is 0 Å². The molecule has 0 saturated carbocycles. The highest BCUT2D eigenvalue weighted by molar-refractivity contribution is 6.00. The van der Waals surface area contributed by atoms with E-state index in [1.54, 1.807) is 0 Å². The van der Waals surface area contributed by atoms with Crippen LogP contribution in [0, 0.1) is 10.8 Å². The van der Waals surface area contributed by atoms with E-state index in [0.717, 1.165) is 0 Å². The normalized spacial score (nSPS) is 24.7. The van der Waals surface area contributed by atoms with Crippen LogP contribution < -0.4 is 0 Å². The molecule has 5 N–H and O–H groups in total. The van der Waals surface area contributed by atoms with Crippen LogP contribution in [0.2, 0.25) is 0 Å². The topological polar surface area (TPSA) is 255 Å². The summed E-state index contributed by atoms with van der Waals surface area (Å²) in [6.07, 6.45) is 1.03. The van der Waals surface area contributed by atoms with Crippen molar-refractivity contribution in [1.29, 1.82) is 0 Å². The van der Waals surface area contributed by atoms with E-state index < -0.39 is 116 Å². The molecule has 4 fully saturated rings. The lowest BCUT2D eigenvalue weighted by Crippen LogP contribution is -2.62. The van der Waals surface area contributed by atoms with E-state index in [9.17, 15) is 49.9 Å². The van der Waals surface area contributed by atoms with Crippen molar-refractivity contribution >= 4 is 29.8 Å². The van der Waals surface area contributed by atoms with Crippen molar-refractivity contribution in [2.24, 2.45) is 10.8 Å². The van der Waals surface area contributed by atoms with E-state index in [1.165, 1.54) is 20.3 Å². The molecule has 20 heteroatoms. The van der Waals surface area contributed by atoms with Crippen LogP contribution in [0.5, 0.6) is 0 Å². The number of piperidine rings is 4. The third kappa shape index (κ3) is 16.9. The smallest absolute Gasteiger partial charge is 0.323 e. The third-order valence-electron chi connectivity index (χ3n) is 17.7. The molecular formula is C60H108N4O16. The second kappa shape index (κ2) is 26.5. The lowest BCUT2D eigenvalue weighted by Gasteiger charge is -2.52. The van der Waals surface area contributed by atoms with E-state index >= 15 is 0 Å². The maximum atomic E-state index is 14.8. The Morgan fingerprint density at radius 3 is 1.01 bits per heavy atom. The fourth-order valence-electron chi connectivity index (χ4n) is 13.9. The predicted octanol–water partition coefficient (Wildman–Crippen LogP) is 10.4. The highest BCUT2D eigenvalue weighted by atomic mass is 16.6. The first-order valence-electron chi connectivity index (χ1n) is 29.8. The molecule has 2 unspecified atom stereocenters. The number of nitrogens with zero attached hydrogens (tertiary/aromatic N) is 4. The Morgan fingerprint density at radius 1 is 0.425 bits per heavy atom. The van der Waals surface area contributed by atoms with Crippen LogP contribution >= 0.6 is 0 Å². The molecule has 464 valence electrons. The number of esters is 5. The molecule has 0 radical (unpaired) electrons. The lowest BCUT2D eigenvalue weighted by atomic mass is 9.76. The zero-order valence-electron chi connectivity index (χ0n) is 52.5. The van der Waals surface area contributed by atoms with E-state index in [-0.39, 0.29) is 64.6 Å². The van der Waals surface area contributed by atoms with Gasteiger partial charge in [-0.3, -0.25) is 24.0 Å². The fourth-order valence-corrected chi connectivity index (χ4v) is 13.9. The molecule has 0 aromatic carbocycles. The van der Waals surface area contributed by atoms with Crippen LogP contribution in [0.15, 0.2) is 0 Å². The van der Waals surface area contributed by atoms with Crippen molar-refractivity contribution < 1.29 is 78.3 Å². The number of aliphatic hydroxyl groups is 1. The number of hydroxylamine groups is 8. The molecule has 4 aliphatic rings. The summed E-state index contributed by atoms with van der Waals surface area (Å²) in [4.78, 5) is 70.6. The minimum atomic E-state index is -1.76.